The average molecular weight is 240 g/mol. The predicted octanol–water partition coefficient (Wildman–Crippen LogP) is 1.56. The van der Waals surface area contributed by atoms with Gasteiger partial charge in [-0.15, -0.1) is 0 Å². The van der Waals surface area contributed by atoms with Gasteiger partial charge in [0.15, 0.2) is 0 Å². The third kappa shape index (κ3) is 4.03. The first-order valence-electron chi connectivity index (χ1n) is 5.21. The van der Waals surface area contributed by atoms with Crippen molar-refractivity contribution in [3.05, 3.63) is 29.6 Å². The van der Waals surface area contributed by atoms with Crippen LogP contribution in [0, 0.1) is 5.82 Å². The molecule has 1 aromatic carbocycles. The molecule has 0 unspecified atom stereocenters. The molecule has 0 aromatic heterocycles. The van der Waals surface area contributed by atoms with E-state index >= 15 is 0 Å². The van der Waals surface area contributed by atoms with Crippen molar-refractivity contribution in [1.82, 2.24) is 5.32 Å². The lowest BCUT2D eigenvalue weighted by molar-refractivity contribution is 0.0819. The molecule has 0 heterocycles. The van der Waals surface area contributed by atoms with Gasteiger partial charge in [0, 0.05) is 18.4 Å². The van der Waals surface area contributed by atoms with Gasteiger partial charge in [0.05, 0.1) is 12.1 Å². The molecule has 5 heteroatoms. The fraction of sp³-hybridized carbons (Fsp3) is 0.417. The molecule has 94 valence electrons. The predicted molar refractivity (Wildman–Crippen MR) is 64.2 cm³/mol. The van der Waals surface area contributed by atoms with Gasteiger partial charge in [-0.3, -0.25) is 4.79 Å². The maximum Gasteiger partial charge on any atom is 0.251 e. The van der Waals surface area contributed by atoms with Crippen LogP contribution >= 0.6 is 0 Å². The summed E-state index contributed by atoms with van der Waals surface area (Å²) in [6.45, 7) is 4.00. The third-order valence-electron chi connectivity index (χ3n) is 2.14. The highest BCUT2D eigenvalue weighted by atomic mass is 19.1. The molecule has 0 saturated heterocycles. The van der Waals surface area contributed by atoms with Gasteiger partial charge in [0.1, 0.15) is 5.82 Å². The molecule has 0 bridgehead atoms. The summed E-state index contributed by atoms with van der Waals surface area (Å²) in [7, 11) is 1.55. The van der Waals surface area contributed by atoms with Gasteiger partial charge in [-0.1, -0.05) is 0 Å². The molecule has 1 aromatic rings. The van der Waals surface area contributed by atoms with Crippen LogP contribution in [-0.4, -0.2) is 25.2 Å². The van der Waals surface area contributed by atoms with Gasteiger partial charge in [0.25, 0.3) is 5.91 Å². The van der Waals surface area contributed by atoms with E-state index in [1.54, 1.807) is 7.11 Å². The van der Waals surface area contributed by atoms with E-state index in [4.69, 9.17) is 10.5 Å². The van der Waals surface area contributed by atoms with Gasteiger partial charge in [0.2, 0.25) is 0 Å². The molecule has 0 aliphatic carbocycles. The number of nitrogens with two attached hydrogens (primary N) is 1. The summed E-state index contributed by atoms with van der Waals surface area (Å²) in [5, 5.41) is 2.74. The Morgan fingerprint density at radius 1 is 1.47 bits per heavy atom. The van der Waals surface area contributed by atoms with E-state index in [0.29, 0.717) is 6.61 Å². The number of methoxy groups -OCH3 is 1. The fourth-order valence-corrected chi connectivity index (χ4v) is 1.52. The second-order valence-electron chi connectivity index (χ2n) is 4.54. The van der Waals surface area contributed by atoms with E-state index in [1.807, 2.05) is 13.8 Å². The number of nitrogens with one attached hydrogen (secondary N) is 1. The molecule has 0 saturated carbocycles. The Balaban J connectivity index is 2.83. The third-order valence-corrected chi connectivity index (χ3v) is 2.14. The Bertz CT molecular complexity index is 399. The summed E-state index contributed by atoms with van der Waals surface area (Å²) in [6.07, 6.45) is 0. The van der Waals surface area contributed by atoms with Gasteiger partial charge in [-0.05, 0) is 32.0 Å². The summed E-state index contributed by atoms with van der Waals surface area (Å²) >= 11 is 0. The molecule has 1 rings (SSSR count). The molecule has 0 aliphatic rings. The smallest absolute Gasteiger partial charge is 0.251 e. The molecule has 3 N–H and O–H groups in total. The highest BCUT2D eigenvalue weighted by molar-refractivity contribution is 5.95. The highest BCUT2D eigenvalue weighted by Crippen LogP contribution is 2.12. The summed E-state index contributed by atoms with van der Waals surface area (Å²) in [5.74, 6) is -0.905. The van der Waals surface area contributed by atoms with Crippen molar-refractivity contribution >= 4 is 11.6 Å². The lowest BCUT2D eigenvalue weighted by Gasteiger charge is -2.25. The largest absolute Gasteiger partial charge is 0.399 e. The number of anilines is 1. The normalized spacial score (nSPS) is 11.3. The zero-order valence-corrected chi connectivity index (χ0v) is 10.2. The number of hydrogen-bond acceptors (Lipinski definition) is 3. The molecule has 0 fully saturated rings. The zero-order valence-electron chi connectivity index (χ0n) is 10.2. The Morgan fingerprint density at radius 2 is 2.12 bits per heavy atom. The Morgan fingerprint density at radius 3 is 2.65 bits per heavy atom. The maximum atomic E-state index is 13.1. The molecule has 17 heavy (non-hydrogen) atoms. The molecule has 1 amide bonds. The Labute approximate surface area is 100.0 Å². The number of halogens is 1. The van der Waals surface area contributed by atoms with E-state index < -0.39 is 11.4 Å². The quantitative estimate of drug-likeness (QED) is 0.785. The van der Waals surface area contributed by atoms with Gasteiger partial charge in [-0.2, -0.15) is 0 Å². The highest BCUT2D eigenvalue weighted by Gasteiger charge is 2.21. The van der Waals surface area contributed by atoms with Gasteiger partial charge < -0.3 is 15.8 Å². The van der Waals surface area contributed by atoms with E-state index in [2.05, 4.69) is 5.32 Å². The molecule has 4 nitrogen and oxygen atoms in total. The maximum absolute atomic E-state index is 13.1. The molecule has 0 radical (unpaired) electrons. The first-order valence-corrected chi connectivity index (χ1v) is 5.21. The van der Waals surface area contributed by atoms with Crippen molar-refractivity contribution in [1.29, 1.82) is 0 Å². The molecular formula is C12H17FN2O2. The van der Waals surface area contributed by atoms with Gasteiger partial charge in [-0.25, -0.2) is 4.39 Å². The van der Waals surface area contributed by atoms with Crippen LogP contribution in [-0.2, 0) is 4.74 Å². The van der Waals surface area contributed by atoms with Crippen molar-refractivity contribution in [2.75, 3.05) is 19.5 Å². The average Bonchev–Trinajstić information content (AvgIpc) is 2.14. The zero-order chi connectivity index (χ0) is 13.1. The van der Waals surface area contributed by atoms with Crippen LogP contribution in [0.3, 0.4) is 0 Å². The van der Waals surface area contributed by atoms with Crippen LogP contribution in [0.4, 0.5) is 10.1 Å². The van der Waals surface area contributed by atoms with Crippen LogP contribution < -0.4 is 11.1 Å². The van der Waals surface area contributed by atoms with Crippen LogP contribution in [0.5, 0.6) is 0 Å². The van der Waals surface area contributed by atoms with Crippen LogP contribution in [0.2, 0.25) is 0 Å². The van der Waals surface area contributed by atoms with Crippen molar-refractivity contribution in [2.24, 2.45) is 0 Å². The number of carbonyl (C=O) groups is 1. The second-order valence-corrected chi connectivity index (χ2v) is 4.54. The fourth-order valence-electron chi connectivity index (χ4n) is 1.52. The number of benzene rings is 1. The summed E-state index contributed by atoms with van der Waals surface area (Å²) in [6, 6.07) is 3.74. The molecular weight excluding hydrogens is 223 g/mol. The van der Waals surface area contributed by atoms with Crippen molar-refractivity contribution in [3.8, 4) is 0 Å². The number of hydrogen-bond donors (Lipinski definition) is 2. The lowest BCUT2D eigenvalue weighted by atomic mass is 10.1. The topological polar surface area (TPSA) is 64.3 Å². The number of carbonyl (C=O) groups excluding carboxylic acids is 1. The molecule has 0 atom stereocenters. The standard InChI is InChI=1S/C12H17FN2O2/c1-12(2,7-17-3)15-11(16)8-4-9(13)6-10(14)5-8/h4-6H,7,14H2,1-3H3,(H,15,16). The Kier molecular flexibility index (Phi) is 4.07. The van der Waals surface area contributed by atoms with E-state index in [-0.39, 0.29) is 17.2 Å². The molecule has 0 aliphatic heterocycles. The number of nitrogen functional groups attached to an aromatic ring is 1. The van der Waals surface area contributed by atoms with Crippen LogP contribution in [0.15, 0.2) is 18.2 Å². The first-order chi connectivity index (χ1) is 7.84. The monoisotopic (exact) mass is 240 g/mol. The number of amides is 1. The summed E-state index contributed by atoms with van der Waals surface area (Å²) in [5.41, 5.74) is 5.38. The first kappa shape index (κ1) is 13.4. The molecule has 0 spiro atoms. The minimum atomic E-state index is -0.528. The Hall–Kier alpha value is -1.62. The van der Waals surface area contributed by atoms with Crippen LogP contribution in [0.1, 0.15) is 24.2 Å². The van der Waals surface area contributed by atoms with E-state index in [9.17, 15) is 9.18 Å². The van der Waals surface area contributed by atoms with Crippen molar-refractivity contribution in [2.45, 2.75) is 19.4 Å². The summed E-state index contributed by atoms with van der Waals surface area (Å²) < 4.78 is 18.1. The second kappa shape index (κ2) is 5.14. The minimum absolute atomic E-state index is 0.201. The number of ether oxygens (including phenoxy) is 1. The van der Waals surface area contributed by atoms with Crippen molar-refractivity contribution in [3.63, 3.8) is 0 Å². The number of rotatable bonds is 4. The van der Waals surface area contributed by atoms with E-state index in [1.165, 1.54) is 6.07 Å². The summed E-state index contributed by atoms with van der Waals surface area (Å²) in [4.78, 5) is 11.9. The SMILES string of the molecule is COCC(C)(C)NC(=O)c1cc(N)cc(F)c1. The van der Waals surface area contributed by atoms with E-state index in [0.717, 1.165) is 12.1 Å². The minimum Gasteiger partial charge on any atom is -0.399 e. The lowest BCUT2D eigenvalue weighted by Crippen LogP contribution is -2.46. The van der Waals surface area contributed by atoms with Crippen LogP contribution in [0.25, 0.3) is 0 Å². The van der Waals surface area contributed by atoms with Gasteiger partial charge >= 0.3 is 0 Å². The van der Waals surface area contributed by atoms with Crippen molar-refractivity contribution < 1.29 is 13.9 Å².